The number of hydrogen-bond acceptors (Lipinski definition) is 2. The summed E-state index contributed by atoms with van der Waals surface area (Å²) in [7, 11) is 0. The van der Waals surface area contributed by atoms with Gasteiger partial charge in [0.2, 0.25) is 0 Å². The Morgan fingerprint density at radius 3 is 2.89 bits per heavy atom. The molecule has 0 aromatic heterocycles. The third-order valence-corrected chi connectivity index (χ3v) is 3.57. The molecule has 1 N–H and O–H groups in total. The van der Waals surface area contributed by atoms with Crippen LogP contribution in [0.1, 0.15) is 42.6 Å². The lowest BCUT2D eigenvalue weighted by atomic mass is 10.0. The summed E-state index contributed by atoms with van der Waals surface area (Å²) >= 11 is 0. The Morgan fingerprint density at radius 1 is 1.32 bits per heavy atom. The summed E-state index contributed by atoms with van der Waals surface area (Å²) in [4.78, 5) is 14.5. The lowest BCUT2D eigenvalue weighted by Crippen LogP contribution is -2.34. The first kappa shape index (κ1) is 14.1. The molecule has 0 fully saturated rings. The number of nitrogens with one attached hydrogen (secondary N) is 1. The van der Waals surface area contributed by atoms with Crippen molar-refractivity contribution in [2.24, 2.45) is 0 Å². The molecule has 1 aliphatic heterocycles. The molecule has 1 amide bonds. The smallest absolute Gasteiger partial charge is 0.254 e. The molecule has 3 heteroatoms. The van der Waals surface area contributed by atoms with Gasteiger partial charge in [0, 0.05) is 24.7 Å². The summed E-state index contributed by atoms with van der Waals surface area (Å²) in [5.41, 5.74) is 2.10. The van der Waals surface area contributed by atoms with Gasteiger partial charge in [-0.05, 0) is 37.4 Å². The summed E-state index contributed by atoms with van der Waals surface area (Å²) in [5.74, 6) is 0.206. The topological polar surface area (TPSA) is 32.3 Å². The number of benzene rings is 1. The molecule has 0 spiro atoms. The third-order valence-electron chi connectivity index (χ3n) is 3.57. The average Bonchev–Trinajstić information content (AvgIpc) is 2.55. The van der Waals surface area contributed by atoms with E-state index in [2.05, 4.69) is 25.2 Å². The van der Waals surface area contributed by atoms with Crippen LogP contribution < -0.4 is 5.32 Å². The van der Waals surface area contributed by atoms with E-state index in [1.807, 2.05) is 23.1 Å². The van der Waals surface area contributed by atoms with Crippen molar-refractivity contribution < 1.29 is 4.79 Å². The Balaban J connectivity index is 1.94. The van der Waals surface area contributed by atoms with Gasteiger partial charge in [-0.2, -0.15) is 0 Å². The molecule has 0 aliphatic carbocycles. The highest BCUT2D eigenvalue weighted by molar-refractivity contribution is 5.96. The van der Waals surface area contributed by atoms with Crippen LogP contribution in [0.15, 0.2) is 24.3 Å². The van der Waals surface area contributed by atoms with Gasteiger partial charge in [0.15, 0.2) is 0 Å². The van der Waals surface area contributed by atoms with Gasteiger partial charge in [-0.1, -0.05) is 32.0 Å². The fraction of sp³-hybridized carbons (Fsp3) is 0.562. The number of amides is 1. The second-order valence-electron chi connectivity index (χ2n) is 5.52. The van der Waals surface area contributed by atoms with Crippen LogP contribution in [0.3, 0.4) is 0 Å². The highest BCUT2D eigenvalue weighted by atomic mass is 16.2. The third kappa shape index (κ3) is 3.80. The van der Waals surface area contributed by atoms with E-state index in [1.54, 1.807) is 0 Å². The first-order valence-corrected chi connectivity index (χ1v) is 7.29. The van der Waals surface area contributed by atoms with Gasteiger partial charge in [-0.15, -0.1) is 0 Å². The molecule has 19 heavy (non-hydrogen) atoms. The number of fused-ring (bicyclic) bond motifs is 1. The fourth-order valence-electron chi connectivity index (χ4n) is 2.55. The maximum Gasteiger partial charge on any atom is 0.254 e. The van der Waals surface area contributed by atoms with Gasteiger partial charge in [-0.25, -0.2) is 0 Å². The van der Waals surface area contributed by atoms with Gasteiger partial charge in [-0.3, -0.25) is 4.79 Å². The van der Waals surface area contributed by atoms with E-state index >= 15 is 0 Å². The van der Waals surface area contributed by atoms with Crippen LogP contribution in [0.25, 0.3) is 0 Å². The van der Waals surface area contributed by atoms with Gasteiger partial charge in [0.05, 0.1) is 0 Å². The van der Waals surface area contributed by atoms with Crippen molar-refractivity contribution in [1.82, 2.24) is 10.2 Å². The van der Waals surface area contributed by atoms with E-state index in [-0.39, 0.29) is 5.91 Å². The second-order valence-corrected chi connectivity index (χ2v) is 5.52. The number of hydrogen-bond donors (Lipinski definition) is 1. The van der Waals surface area contributed by atoms with Crippen LogP contribution in [0.4, 0.5) is 0 Å². The molecule has 0 saturated carbocycles. The van der Waals surface area contributed by atoms with E-state index in [0.717, 1.165) is 44.5 Å². The van der Waals surface area contributed by atoms with Crippen molar-refractivity contribution in [1.29, 1.82) is 0 Å². The van der Waals surface area contributed by atoms with Gasteiger partial charge < -0.3 is 10.2 Å². The molecule has 3 nitrogen and oxygen atoms in total. The summed E-state index contributed by atoms with van der Waals surface area (Å²) in [6.07, 6.45) is 3.11. The fourth-order valence-corrected chi connectivity index (χ4v) is 2.55. The zero-order chi connectivity index (χ0) is 13.7. The zero-order valence-corrected chi connectivity index (χ0v) is 12.0. The summed E-state index contributed by atoms with van der Waals surface area (Å²) in [6, 6.07) is 8.54. The molecule has 2 rings (SSSR count). The van der Waals surface area contributed by atoms with E-state index in [9.17, 15) is 4.79 Å². The van der Waals surface area contributed by atoms with Crippen molar-refractivity contribution in [3.05, 3.63) is 35.4 Å². The normalized spacial score (nSPS) is 15.5. The van der Waals surface area contributed by atoms with E-state index in [0.29, 0.717) is 6.04 Å². The Bertz CT molecular complexity index is 429. The minimum absolute atomic E-state index is 0.206. The number of aryl methyl sites for hydroxylation is 1. The summed E-state index contributed by atoms with van der Waals surface area (Å²) < 4.78 is 0. The average molecular weight is 260 g/mol. The molecule has 104 valence electrons. The standard InChI is InChI=1S/C16H24N2O/c1-13(2)17-10-6-12-18-11-5-8-14-7-3-4-9-15(14)16(18)19/h3-4,7,9,13,17H,5-6,8,10-12H2,1-2H3. The Morgan fingerprint density at radius 2 is 2.11 bits per heavy atom. The van der Waals surface area contributed by atoms with Crippen molar-refractivity contribution in [2.45, 2.75) is 39.2 Å². The molecule has 0 radical (unpaired) electrons. The lowest BCUT2D eigenvalue weighted by molar-refractivity contribution is 0.0759. The van der Waals surface area contributed by atoms with E-state index in [4.69, 9.17) is 0 Å². The van der Waals surface area contributed by atoms with Crippen molar-refractivity contribution in [2.75, 3.05) is 19.6 Å². The van der Waals surface area contributed by atoms with Crippen LogP contribution in [0.2, 0.25) is 0 Å². The molecule has 0 saturated heterocycles. The Kier molecular flexibility index (Phi) is 4.97. The quantitative estimate of drug-likeness (QED) is 0.825. The van der Waals surface area contributed by atoms with Crippen LogP contribution in [0, 0.1) is 0 Å². The number of carbonyl (C=O) groups is 1. The SMILES string of the molecule is CC(C)NCCCN1CCCc2ccccc2C1=O. The molecular weight excluding hydrogens is 236 g/mol. The Labute approximate surface area is 116 Å². The van der Waals surface area contributed by atoms with Crippen molar-refractivity contribution in [3.63, 3.8) is 0 Å². The maximum atomic E-state index is 12.5. The van der Waals surface area contributed by atoms with Crippen LogP contribution >= 0.6 is 0 Å². The molecule has 1 aromatic rings. The van der Waals surface area contributed by atoms with Crippen molar-refractivity contribution >= 4 is 5.91 Å². The molecule has 0 atom stereocenters. The number of nitrogens with zero attached hydrogens (tertiary/aromatic N) is 1. The van der Waals surface area contributed by atoms with Crippen LogP contribution in [-0.4, -0.2) is 36.5 Å². The first-order valence-electron chi connectivity index (χ1n) is 7.29. The van der Waals surface area contributed by atoms with Gasteiger partial charge in [0.25, 0.3) is 5.91 Å². The Hall–Kier alpha value is -1.35. The minimum atomic E-state index is 0.206. The molecule has 1 aliphatic rings. The predicted molar refractivity (Wildman–Crippen MR) is 78.4 cm³/mol. The van der Waals surface area contributed by atoms with E-state index < -0.39 is 0 Å². The molecular formula is C16H24N2O. The summed E-state index contributed by atoms with van der Waals surface area (Å²) in [6.45, 7) is 7.01. The first-order chi connectivity index (χ1) is 9.18. The predicted octanol–water partition coefficient (Wildman–Crippen LogP) is 2.46. The largest absolute Gasteiger partial charge is 0.339 e. The molecule has 0 bridgehead atoms. The monoisotopic (exact) mass is 260 g/mol. The van der Waals surface area contributed by atoms with Crippen LogP contribution in [0.5, 0.6) is 0 Å². The minimum Gasteiger partial charge on any atom is -0.339 e. The molecule has 0 unspecified atom stereocenters. The highest BCUT2D eigenvalue weighted by Gasteiger charge is 2.21. The molecule has 1 heterocycles. The van der Waals surface area contributed by atoms with Crippen LogP contribution in [-0.2, 0) is 6.42 Å². The highest BCUT2D eigenvalue weighted by Crippen LogP contribution is 2.18. The van der Waals surface area contributed by atoms with E-state index in [1.165, 1.54) is 5.56 Å². The van der Waals surface area contributed by atoms with Crippen molar-refractivity contribution in [3.8, 4) is 0 Å². The number of rotatable bonds is 5. The zero-order valence-electron chi connectivity index (χ0n) is 12.0. The maximum absolute atomic E-state index is 12.5. The second kappa shape index (κ2) is 6.71. The van der Waals surface area contributed by atoms with Gasteiger partial charge in [0.1, 0.15) is 0 Å². The molecule has 1 aromatic carbocycles. The number of carbonyl (C=O) groups excluding carboxylic acids is 1. The van der Waals surface area contributed by atoms with Gasteiger partial charge >= 0.3 is 0 Å². The summed E-state index contributed by atoms with van der Waals surface area (Å²) in [5, 5.41) is 3.40. The lowest BCUT2D eigenvalue weighted by Gasteiger charge is -2.21.